The Bertz CT molecular complexity index is 446. The molecular weight excluding hydrogens is 234 g/mol. The van der Waals surface area contributed by atoms with E-state index < -0.39 is 10.9 Å². The summed E-state index contributed by atoms with van der Waals surface area (Å²) < 4.78 is 9.40. The van der Waals surface area contributed by atoms with Crippen molar-refractivity contribution in [1.29, 1.82) is 0 Å². The van der Waals surface area contributed by atoms with Crippen molar-refractivity contribution < 1.29 is 19.2 Å². The minimum absolute atomic E-state index is 0.00509. The van der Waals surface area contributed by atoms with Gasteiger partial charge in [0.15, 0.2) is 0 Å². The summed E-state index contributed by atoms with van der Waals surface area (Å²) in [5.74, 6) is -0.518. The zero-order valence-corrected chi connectivity index (χ0v) is 9.48. The lowest BCUT2D eigenvalue weighted by atomic mass is 10.2. The van der Waals surface area contributed by atoms with Gasteiger partial charge in [-0.3, -0.25) is 10.1 Å². The lowest BCUT2D eigenvalue weighted by molar-refractivity contribution is -0.387. The largest absolute Gasteiger partial charge is 0.496 e. The van der Waals surface area contributed by atoms with Crippen LogP contribution in [0.15, 0.2) is 17.0 Å². The van der Waals surface area contributed by atoms with Gasteiger partial charge >= 0.3 is 5.97 Å². The second-order valence-electron chi connectivity index (χ2n) is 2.79. The molecule has 1 aromatic carbocycles. The number of thiol groups is 1. The fraction of sp³-hybridized carbons (Fsp3) is 0.222. The van der Waals surface area contributed by atoms with Crippen LogP contribution in [-0.4, -0.2) is 25.1 Å². The molecule has 0 aliphatic heterocycles. The predicted molar refractivity (Wildman–Crippen MR) is 58.2 cm³/mol. The normalized spacial score (nSPS) is 9.69. The van der Waals surface area contributed by atoms with Gasteiger partial charge in [0.05, 0.1) is 24.0 Å². The molecule has 0 unspecified atom stereocenters. The lowest BCUT2D eigenvalue weighted by Gasteiger charge is -2.07. The van der Waals surface area contributed by atoms with E-state index in [1.165, 1.54) is 20.3 Å². The summed E-state index contributed by atoms with van der Waals surface area (Å²) in [5.41, 5.74) is -0.279. The Morgan fingerprint density at radius 1 is 1.44 bits per heavy atom. The summed E-state index contributed by atoms with van der Waals surface area (Å²) in [4.78, 5) is 21.5. The third kappa shape index (κ3) is 2.25. The van der Waals surface area contributed by atoms with Crippen LogP contribution in [0.2, 0.25) is 0 Å². The molecule has 0 amide bonds. The first-order chi connectivity index (χ1) is 7.51. The predicted octanol–water partition coefficient (Wildman–Crippen LogP) is 1.68. The van der Waals surface area contributed by atoms with Crippen molar-refractivity contribution in [3.63, 3.8) is 0 Å². The lowest BCUT2D eigenvalue weighted by Crippen LogP contribution is -2.05. The van der Waals surface area contributed by atoms with E-state index in [4.69, 9.17) is 4.74 Å². The highest BCUT2D eigenvalue weighted by atomic mass is 32.1. The van der Waals surface area contributed by atoms with Gasteiger partial charge in [-0.25, -0.2) is 4.79 Å². The molecule has 0 N–H and O–H groups in total. The van der Waals surface area contributed by atoms with Crippen molar-refractivity contribution in [2.45, 2.75) is 4.90 Å². The molecule has 0 saturated carbocycles. The number of rotatable bonds is 3. The van der Waals surface area contributed by atoms with Gasteiger partial charge in [0.25, 0.3) is 5.69 Å². The second-order valence-corrected chi connectivity index (χ2v) is 3.27. The van der Waals surface area contributed by atoms with E-state index in [2.05, 4.69) is 17.4 Å². The highest BCUT2D eigenvalue weighted by molar-refractivity contribution is 7.80. The van der Waals surface area contributed by atoms with E-state index in [0.717, 1.165) is 6.07 Å². The molecule has 7 heteroatoms. The molecule has 0 bridgehead atoms. The molecule has 0 fully saturated rings. The third-order valence-corrected chi connectivity index (χ3v) is 2.26. The summed E-state index contributed by atoms with van der Waals surface area (Å²) in [6, 6.07) is 2.38. The first kappa shape index (κ1) is 12.3. The van der Waals surface area contributed by atoms with Crippen LogP contribution in [0.1, 0.15) is 10.4 Å². The van der Waals surface area contributed by atoms with Crippen molar-refractivity contribution in [2.75, 3.05) is 14.2 Å². The molecule has 0 aromatic heterocycles. The highest BCUT2D eigenvalue weighted by Crippen LogP contribution is 2.31. The number of nitro groups is 1. The highest BCUT2D eigenvalue weighted by Gasteiger charge is 2.21. The topological polar surface area (TPSA) is 78.7 Å². The molecule has 0 spiro atoms. The standard InChI is InChI=1S/C9H9NO5S/c1-14-7-4-8(16)6(10(12)13)3-5(7)9(11)15-2/h3-4,16H,1-2H3. The molecule has 0 radical (unpaired) electrons. The number of hydrogen-bond acceptors (Lipinski definition) is 6. The number of benzene rings is 1. The number of carbonyl (C=O) groups is 1. The Morgan fingerprint density at radius 2 is 2.06 bits per heavy atom. The van der Waals surface area contributed by atoms with Gasteiger partial charge in [-0.2, -0.15) is 0 Å². The summed E-state index contributed by atoms with van der Waals surface area (Å²) in [5, 5.41) is 10.6. The summed E-state index contributed by atoms with van der Waals surface area (Å²) >= 11 is 3.93. The van der Waals surface area contributed by atoms with Crippen LogP contribution in [0.5, 0.6) is 5.75 Å². The van der Waals surface area contributed by atoms with Gasteiger partial charge < -0.3 is 9.47 Å². The van der Waals surface area contributed by atoms with E-state index in [1.54, 1.807) is 0 Å². The first-order valence-corrected chi connectivity index (χ1v) is 4.59. The van der Waals surface area contributed by atoms with Crippen LogP contribution in [0, 0.1) is 10.1 Å². The van der Waals surface area contributed by atoms with Gasteiger partial charge in [-0.05, 0) is 0 Å². The Kier molecular flexibility index (Phi) is 3.73. The van der Waals surface area contributed by atoms with Gasteiger partial charge in [0.1, 0.15) is 11.3 Å². The van der Waals surface area contributed by atoms with E-state index in [0.29, 0.717) is 0 Å². The number of esters is 1. The maximum atomic E-state index is 11.3. The molecule has 16 heavy (non-hydrogen) atoms. The SMILES string of the molecule is COC(=O)c1cc([N+](=O)[O-])c(S)cc1OC. The average Bonchev–Trinajstić information content (AvgIpc) is 2.27. The van der Waals surface area contributed by atoms with Crippen LogP contribution in [0.4, 0.5) is 5.69 Å². The molecule has 1 rings (SSSR count). The van der Waals surface area contributed by atoms with Crippen LogP contribution >= 0.6 is 12.6 Å². The quantitative estimate of drug-likeness (QED) is 0.378. The van der Waals surface area contributed by atoms with E-state index >= 15 is 0 Å². The van der Waals surface area contributed by atoms with Gasteiger partial charge in [-0.15, -0.1) is 12.6 Å². The maximum absolute atomic E-state index is 11.3. The van der Waals surface area contributed by atoms with Gasteiger partial charge in [-0.1, -0.05) is 0 Å². The number of ether oxygens (including phenoxy) is 2. The fourth-order valence-corrected chi connectivity index (χ4v) is 1.41. The number of hydrogen-bond donors (Lipinski definition) is 1. The zero-order chi connectivity index (χ0) is 12.3. The van der Waals surface area contributed by atoms with Crippen molar-refractivity contribution in [3.8, 4) is 5.75 Å². The van der Waals surface area contributed by atoms with Crippen molar-refractivity contribution in [1.82, 2.24) is 0 Å². The van der Waals surface area contributed by atoms with Crippen LogP contribution < -0.4 is 4.74 Å². The maximum Gasteiger partial charge on any atom is 0.341 e. The van der Waals surface area contributed by atoms with Crippen molar-refractivity contribution >= 4 is 24.3 Å². The fourth-order valence-electron chi connectivity index (χ4n) is 1.14. The van der Waals surface area contributed by atoms with Gasteiger partial charge in [0.2, 0.25) is 0 Å². The minimum atomic E-state index is -0.701. The molecule has 0 saturated heterocycles. The number of nitrogens with zero attached hydrogens (tertiary/aromatic N) is 1. The Labute approximate surface area is 96.7 Å². The Balaban J connectivity index is 3.40. The molecular formula is C9H9NO5S. The molecule has 0 aliphatic carbocycles. The zero-order valence-electron chi connectivity index (χ0n) is 8.59. The molecule has 1 aromatic rings. The molecule has 0 heterocycles. The number of carbonyl (C=O) groups excluding carboxylic acids is 1. The minimum Gasteiger partial charge on any atom is -0.496 e. The van der Waals surface area contributed by atoms with Crippen LogP contribution in [0.25, 0.3) is 0 Å². The summed E-state index contributed by atoms with van der Waals surface area (Å²) in [7, 11) is 2.53. The molecule has 6 nitrogen and oxygen atoms in total. The molecule has 86 valence electrons. The smallest absolute Gasteiger partial charge is 0.341 e. The Hall–Kier alpha value is -1.76. The second kappa shape index (κ2) is 4.84. The Morgan fingerprint density at radius 3 is 2.50 bits per heavy atom. The summed E-state index contributed by atoms with van der Waals surface area (Å²) in [6.45, 7) is 0. The number of methoxy groups -OCH3 is 2. The van der Waals surface area contributed by atoms with E-state index in [9.17, 15) is 14.9 Å². The van der Waals surface area contributed by atoms with Crippen molar-refractivity contribution in [3.05, 3.63) is 27.8 Å². The third-order valence-electron chi connectivity index (χ3n) is 1.90. The first-order valence-electron chi connectivity index (χ1n) is 4.15. The van der Waals surface area contributed by atoms with Crippen molar-refractivity contribution in [2.24, 2.45) is 0 Å². The van der Waals surface area contributed by atoms with Crippen LogP contribution in [0.3, 0.4) is 0 Å². The number of nitro benzene ring substituents is 1. The molecule has 0 atom stereocenters. The molecule has 0 aliphatic rings. The average molecular weight is 243 g/mol. The van der Waals surface area contributed by atoms with E-state index in [1.807, 2.05) is 0 Å². The van der Waals surface area contributed by atoms with E-state index in [-0.39, 0.29) is 21.9 Å². The van der Waals surface area contributed by atoms with Crippen LogP contribution in [-0.2, 0) is 4.74 Å². The monoisotopic (exact) mass is 243 g/mol. The van der Waals surface area contributed by atoms with Gasteiger partial charge in [0, 0.05) is 12.1 Å². The summed E-state index contributed by atoms with van der Waals surface area (Å²) in [6.07, 6.45) is 0.